The second-order valence-corrected chi connectivity index (χ2v) is 7.37. The predicted octanol–water partition coefficient (Wildman–Crippen LogP) is 5.13. The number of benzene rings is 2. The van der Waals surface area contributed by atoms with Crippen molar-refractivity contribution in [3.05, 3.63) is 82.2 Å². The number of nitrogens with zero attached hydrogens (tertiary/aromatic N) is 1. The first-order chi connectivity index (χ1) is 14.7. The monoisotopic (exact) mass is 474 g/mol. The van der Waals surface area contributed by atoms with E-state index in [1.807, 2.05) is 30.3 Å². The van der Waals surface area contributed by atoms with E-state index < -0.39 is 0 Å². The third-order valence-electron chi connectivity index (χ3n) is 4.37. The molecule has 1 aromatic heterocycles. The third-order valence-corrected chi connectivity index (χ3v) is 5.11. The lowest BCUT2D eigenvalue weighted by atomic mass is 10.1. The van der Waals surface area contributed by atoms with Crippen molar-refractivity contribution in [3.8, 4) is 17.4 Å². The number of halogens is 2. The van der Waals surface area contributed by atoms with E-state index in [4.69, 9.17) is 14.2 Å². The maximum atomic E-state index is 13.1. The van der Waals surface area contributed by atoms with Crippen molar-refractivity contribution in [2.75, 3.05) is 20.3 Å². The molecule has 158 valence electrons. The van der Waals surface area contributed by atoms with Crippen LogP contribution in [0, 0.1) is 5.82 Å². The Kier molecular flexibility index (Phi) is 8.47. The molecular formula is C23H24BrFN2O3. The minimum absolute atomic E-state index is 0.268. The Bertz CT molecular complexity index is 924. The molecular weight excluding hydrogens is 451 g/mol. The molecule has 7 heteroatoms. The van der Waals surface area contributed by atoms with Crippen molar-refractivity contribution in [1.29, 1.82) is 0 Å². The zero-order valence-corrected chi connectivity index (χ0v) is 18.3. The van der Waals surface area contributed by atoms with Gasteiger partial charge in [-0.1, -0.05) is 34.1 Å². The van der Waals surface area contributed by atoms with Crippen LogP contribution >= 0.6 is 15.9 Å². The molecule has 0 aliphatic rings. The fourth-order valence-corrected chi connectivity index (χ4v) is 3.27. The standard InChI is InChI=1S/C23H24BrFN2O3/c1-28-21-11-10-20(24)19(23(21)30-16-17-6-8-18(25)9-7-17)15-26-12-4-14-29-22-5-2-3-13-27-22/h2-3,5-11,13,26H,4,12,14-16H2,1H3. The van der Waals surface area contributed by atoms with Crippen molar-refractivity contribution in [3.63, 3.8) is 0 Å². The molecule has 1 heterocycles. The van der Waals surface area contributed by atoms with Crippen LogP contribution < -0.4 is 19.5 Å². The number of aromatic nitrogens is 1. The van der Waals surface area contributed by atoms with Gasteiger partial charge in [-0.25, -0.2) is 9.37 Å². The average molecular weight is 475 g/mol. The first kappa shape index (κ1) is 22.1. The molecule has 3 aromatic rings. The summed E-state index contributed by atoms with van der Waals surface area (Å²) in [5.41, 5.74) is 1.84. The molecule has 0 aliphatic carbocycles. The van der Waals surface area contributed by atoms with Crippen LogP contribution in [0.2, 0.25) is 0 Å². The number of nitrogens with one attached hydrogen (secondary N) is 1. The summed E-state index contributed by atoms with van der Waals surface area (Å²) in [6.45, 7) is 2.27. The highest BCUT2D eigenvalue weighted by Gasteiger charge is 2.15. The van der Waals surface area contributed by atoms with Gasteiger partial charge in [0.2, 0.25) is 5.88 Å². The summed E-state index contributed by atoms with van der Waals surface area (Å²) in [6.07, 6.45) is 2.55. The molecule has 0 radical (unpaired) electrons. The summed E-state index contributed by atoms with van der Waals surface area (Å²) < 4.78 is 31.2. The van der Waals surface area contributed by atoms with Crippen molar-refractivity contribution >= 4 is 15.9 Å². The number of ether oxygens (including phenoxy) is 3. The highest BCUT2D eigenvalue weighted by molar-refractivity contribution is 9.10. The Morgan fingerprint density at radius 1 is 1.03 bits per heavy atom. The maximum absolute atomic E-state index is 13.1. The summed E-state index contributed by atoms with van der Waals surface area (Å²) >= 11 is 3.60. The van der Waals surface area contributed by atoms with Gasteiger partial charge in [0.1, 0.15) is 12.4 Å². The van der Waals surface area contributed by atoms with Gasteiger partial charge in [-0.05, 0) is 48.9 Å². The Morgan fingerprint density at radius 3 is 2.60 bits per heavy atom. The Balaban J connectivity index is 1.55. The molecule has 5 nitrogen and oxygen atoms in total. The molecule has 0 unspecified atom stereocenters. The van der Waals surface area contributed by atoms with Gasteiger partial charge in [0.25, 0.3) is 0 Å². The van der Waals surface area contributed by atoms with E-state index >= 15 is 0 Å². The van der Waals surface area contributed by atoms with E-state index in [1.165, 1.54) is 12.1 Å². The van der Waals surface area contributed by atoms with E-state index in [1.54, 1.807) is 25.4 Å². The van der Waals surface area contributed by atoms with Gasteiger partial charge in [0.05, 0.1) is 13.7 Å². The molecule has 0 bridgehead atoms. The molecule has 2 aromatic carbocycles. The summed E-state index contributed by atoms with van der Waals surface area (Å²) in [5.74, 6) is 1.67. The summed E-state index contributed by atoms with van der Waals surface area (Å²) in [4.78, 5) is 4.14. The third kappa shape index (κ3) is 6.43. The second kappa shape index (κ2) is 11.5. The van der Waals surface area contributed by atoms with Crippen LogP contribution in [0.15, 0.2) is 65.3 Å². The Hall–Kier alpha value is -2.64. The topological polar surface area (TPSA) is 52.6 Å². The predicted molar refractivity (Wildman–Crippen MR) is 117 cm³/mol. The molecule has 0 fully saturated rings. The van der Waals surface area contributed by atoms with Gasteiger partial charge < -0.3 is 19.5 Å². The van der Waals surface area contributed by atoms with Gasteiger partial charge in [-0.2, -0.15) is 0 Å². The largest absolute Gasteiger partial charge is 0.493 e. The number of hydrogen-bond acceptors (Lipinski definition) is 5. The van der Waals surface area contributed by atoms with E-state index in [-0.39, 0.29) is 5.82 Å². The number of hydrogen-bond donors (Lipinski definition) is 1. The lowest BCUT2D eigenvalue weighted by Crippen LogP contribution is -2.18. The van der Waals surface area contributed by atoms with Crippen molar-refractivity contribution in [2.24, 2.45) is 0 Å². The molecule has 0 spiro atoms. The summed E-state index contributed by atoms with van der Waals surface area (Å²) in [6, 6.07) is 15.6. The normalized spacial score (nSPS) is 10.6. The SMILES string of the molecule is COc1ccc(Br)c(CNCCCOc2ccccn2)c1OCc1ccc(F)cc1. The van der Waals surface area contributed by atoms with Gasteiger partial charge in [0.15, 0.2) is 11.5 Å². The highest BCUT2D eigenvalue weighted by atomic mass is 79.9. The van der Waals surface area contributed by atoms with E-state index in [2.05, 4.69) is 26.2 Å². The molecule has 30 heavy (non-hydrogen) atoms. The molecule has 0 aliphatic heterocycles. The van der Waals surface area contributed by atoms with Crippen molar-refractivity contribution in [2.45, 2.75) is 19.6 Å². The number of pyridine rings is 1. The lowest BCUT2D eigenvalue weighted by Gasteiger charge is -2.17. The fraction of sp³-hybridized carbons (Fsp3) is 0.261. The first-order valence-electron chi connectivity index (χ1n) is 9.64. The minimum atomic E-state index is -0.268. The fourth-order valence-electron chi connectivity index (χ4n) is 2.82. The van der Waals surface area contributed by atoms with Crippen LogP contribution in [0.5, 0.6) is 17.4 Å². The van der Waals surface area contributed by atoms with Crippen LogP contribution in [-0.4, -0.2) is 25.2 Å². The summed E-state index contributed by atoms with van der Waals surface area (Å²) in [5, 5.41) is 3.41. The zero-order valence-electron chi connectivity index (χ0n) is 16.7. The van der Waals surface area contributed by atoms with Crippen molar-refractivity contribution in [1.82, 2.24) is 10.3 Å². The maximum Gasteiger partial charge on any atom is 0.213 e. The average Bonchev–Trinajstić information content (AvgIpc) is 2.77. The molecule has 0 saturated heterocycles. The van der Waals surface area contributed by atoms with Gasteiger partial charge in [-0.15, -0.1) is 0 Å². The number of rotatable bonds is 11. The minimum Gasteiger partial charge on any atom is -0.493 e. The Labute approximate surface area is 184 Å². The molecule has 1 N–H and O–H groups in total. The van der Waals surface area contributed by atoms with Crippen LogP contribution in [0.4, 0.5) is 4.39 Å². The van der Waals surface area contributed by atoms with Gasteiger partial charge in [0, 0.05) is 28.8 Å². The van der Waals surface area contributed by atoms with Crippen LogP contribution in [-0.2, 0) is 13.2 Å². The molecule has 0 saturated carbocycles. The quantitative estimate of drug-likeness (QED) is 0.390. The van der Waals surface area contributed by atoms with Crippen LogP contribution in [0.25, 0.3) is 0 Å². The van der Waals surface area contributed by atoms with E-state index in [9.17, 15) is 4.39 Å². The lowest BCUT2D eigenvalue weighted by molar-refractivity contribution is 0.279. The zero-order chi connectivity index (χ0) is 21.2. The smallest absolute Gasteiger partial charge is 0.213 e. The highest BCUT2D eigenvalue weighted by Crippen LogP contribution is 2.36. The first-order valence-corrected chi connectivity index (χ1v) is 10.4. The van der Waals surface area contributed by atoms with E-state index in [0.717, 1.165) is 28.6 Å². The summed E-state index contributed by atoms with van der Waals surface area (Å²) in [7, 11) is 1.61. The molecule has 3 rings (SSSR count). The van der Waals surface area contributed by atoms with Crippen molar-refractivity contribution < 1.29 is 18.6 Å². The van der Waals surface area contributed by atoms with Gasteiger partial charge >= 0.3 is 0 Å². The van der Waals surface area contributed by atoms with Crippen LogP contribution in [0.3, 0.4) is 0 Å². The van der Waals surface area contributed by atoms with Crippen LogP contribution in [0.1, 0.15) is 17.5 Å². The van der Waals surface area contributed by atoms with Gasteiger partial charge in [-0.3, -0.25) is 0 Å². The molecule has 0 amide bonds. The molecule has 0 atom stereocenters. The van der Waals surface area contributed by atoms with E-state index in [0.29, 0.717) is 37.1 Å². The second-order valence-electron chi connectivity index (χ2n) is 6.52. The number of methoxy groups -OCH3 is 1. The Morgan fingerprint density at radius 2 is 1.87 bits per heavy atom.